The van der Waals surface area contributed by atoms with Gasteiger partial charge in [0, 0.05) is 12.5 Å². The van der Waals surface area contributed by atoms with E-state index in [1.54, 1.807) is 12.7 Å². The average molecular weight is 370 g/mol. The van der Waals surface area contributed by atoms with Gasteiger partial charge in [-0.2, -0.15) is 0 Å². The zero-order chi connectivity index (χ0) is 18.4. The SMILES string of the molecule is COC1C=C[C@@]2(CCC3C4C(CC[C@@]32C)[C@H]2CC/C(=N\O)C=C2[C@H]2C[C@@H]42)O1. The van der Waals surface area contributed by atoms with E-state index in [4.69, 9.17) is 9.47 Å². The molecule has 1 spiro atoms. The molecule has 1 aliphatic heterocycles. The summed E-state index contributed by atoms with van der Waals surface area (Å²) in [6, 6.07) is 0. The molecule has 0 amide bonds. The molecule has 0 radical (unpaired) electrons. The summed E-state index contributed by atoms with van der Waals surface area (Å²) in [7, 11) is 1.75. The fourth-order valence-corrected chi connectivity index (χ4v) is 8.25. The van der Waals surface area contributed by atoms with Crippen molar-refractivity contribution in [2.24, 2.45) is 46.1 Å². The van der Waals surface area contributed by atoms with Gasteiger partial charge in [0.25, 0.3) is 0 Å². The van der Waals surface area contributed by atoms with Gasteiger partial charge in [-0.1, -0.05) is 23.7 Å². The van der Waals surface area contributed by atoms with Crippen LogP contribution in [0.3, 0.4) is 0 Å². The summed E-state index contributed by atoms with van der Waals surface area (Å²) in [4.78, 5) is 0. The van der Waals surface area contributed by atoms with Gasteiger partial charge in [-0.25, -0.2) is 0 Å². The van der Waals surface area contributed by atoms with Crippen LogP contribution in [0.25, 0.3) is 0 Å². The second-order valence-electron chi connectivity index (χ2n) is 10.2. The predicted molar refractivity (Wildman–Crippen MR) is 102 cm³/mol. The fourth-order valence-electron chi connectivity index (χ4n) is 8.25. The minimum Gasteiger partial charge on any atom is -0.411 e. The molecule has 5 aliphatic carbocycles. The molecule has 0 bridgehead atoms. The predicted octanol–water partition coefficient (Wildman–Crippen LogP) is 4.54. The smallest absolute Gasteiger partial charge is 0.177 e. The summed E-state index contributed by atoms with van der Waals surface area (Å²) in [5, 5.41) is 12.8. The van der Waals surface area contributed by atoms with Crippen molar-refractivity contribution in [1.82, 2.24) is 0 Å². The molecule has 0 aromatic heterocycles. The zero-order valence-corrected chi connectivity index (χ0v) is 16.4. The van der Waals surface area contributed by atoms with Crippen LogP contribution in [-0.2, 0) is 9.47 Å². The van der Waals surface area contributed by atoms with Crippen LogP contribution in [0.1, 0.15) is 51.9 Å². The summed E-state index contributed by atoms with van der Waals surface area (Å²) in [6.45, 7) is 2.52. The number of nitrogens with zero attached hydrogens (tertiary/aromatic N) is 1. The van der Waals surface area contributed by atoms with E-state index in [0.717, 1.165) is 54.1 Å². The maximum Gasteiger partial charge on any atom is 0.177 e. The first kappa shape index (κ1) is 16.8. The highest BCUT2D eigenvalue weighted by Crippen LogP contribution is 2.73. The summed E-state index contributed by atoms with van der Waals surface area (Å²) in [5.41, 5.74) is 2.68. The number of methoxy groups -OCH3 is 1. The Morgan fingerprint density at radius 1 is 1.19 bits per heavy atom. The van der Waals surface area contributed by atoms with Crippen molar-refractivity contribution in [2.75, 3.05) is 7.11 Å². The highest BCUT2D eigenvalue weighted by atomic mass is 16.7. The van der Waals surface area contributed by atoms with Gasteiger partial charge in [-0.05, 0) is 92.6 Å². The molecule has 0 aromatic carbocycles. The van der Waals surface area contributed by atoms with Gasteiger partial charge >= 0.3 is 0 Å². The van der Waals surface area contributed by atoms with Crippen LogP contribution in [0.15, 0.2) is 29.0 Å². The Morgan fingerprint density at radius 3 is 2.85 bits per heavy atom. The molecule has 1 heterocycles. The monoisotopic (exact) mass is 369 g/mol. The van der Waals surface area contributed by atoms with Gasteiger partial charge < -0.3 is 14.7 Å². The van der Waals surface area contributed by atoms with Crippen LogP contribution < -0.4 is 0 Å². The molecule has 27 heavy (non-hydrogen) atoms. The molecular weight excluding hydrogens is 338 g/mol. The number of fused-ring (bicyclic) bond motifs is 9. The number of rotatable bonds is 1. The maximum absolute atomic E-state index is 9.24. The quantitative estimate of drug-likeness (QED) is 0.419. The minimum absolute atomic E-state index is 0.104. The molecule has 4 nitrogen and oxygen atoms in total. The van der Waals surface area contributed by atoms with E-state index in [9.17, 15) is 5.21 Å². The molecule has 0 saturated heterocycles. The molecule has 6 aliphatic rings. The molecule has 6 rings (SSSR count). The Balaban J connectivity index is 1.34. The van der Waals surface area contributed by atoms with E-state index in [1.165, 1.54) is 32.1 Å². The van der Waals surface area contributed by atoms with Gasteiger partial charge in [-0.3, -0.25) is 0 Å². The fraction of sp³-hybridized carbons (Fsp3) is 0.783. The third kappa shape index (κ3) is 2.04. The highest BCUT2D eigenvalue weighted by molar-refractivity contribution is 5.96. The van der Waals surface area contributed by atoms with Crippen LogP contribution in [0.4, 0.5) is 0 Å². The number of oxime groups is 1. The Hall–Kier alpha value is -1.13. The van der Waals surface area contributed by atoms with Gasteiger partial charge in [0.2, 0.25) is 0 Å². The lowest BCUT2D eigenvalue weighted by Gasteiger charge is -2.55. The van der Waals surface area contributed by atoms with Crippen LogP contribution in [-0.4, -0.2) is 29.9 Å². The lowest BCUT2D eigenvalue weighted by atomic mass is 9.50. The lowest BCUT2D eigenvalue weighted by molar-refractivity contribution is -0.191. The summed E-state index contributed by atoms with van der Waals surface area (Å²) < 4.78 is 12.0. The van der Waals surface area contributed by atoms with Crippen molar-refractivity contribution in [3.63, 3.8) is 0 Å². The van der Waals surface area contributed by atoms with Crippen molar-refractivity contribution >= 4 is 5.71 Å². The second kappa shape index (κ2) is 5.48. The molecular formula is C23H31NO3. The number of allylic oxidation sites excluding steroid dienone is 2. The highest BCUT2D eigenvalue weighted by Gasteiger charge is 2.68. The second-order valence-corrected chi connectivity index (χ2v) is 10.2. The summed E-state index contributed by atoms with van der Waals surface area (Å²) in [6.07, 6.45) is 15.1. The topological polar surface area (TPSA) is 51.0 Å². The summed E-state index contributed by atoms with van der Waals surface area (Å²) >= 11 is 0. The van der Waals surface area contributed by atoms with E-state index in [0.29, 0.717) is 0 Å². The maximum atomic E-state index is 9.24. The van der Waals surface area contributed by atoms with Crippen LogP contribution >= 0.6 is 0 Å². The molecule has 9 atom stereocenters. The van der Waals surface area contributed by atoms with Crippen molar-refractivity contribution in [3.8, 4) is 0 Å². The summed E-state index contributed by atoms with van der Waals surface area (Å²) in [5.74, 6) is 4.83. The molecule has 4 saturated carbocycles. The van der Waals surface area contributed by atoms with Crippen molar-refractivity contribution < 1.29 is 14.7 Å². The third-order valence-electron chi connectivity index (χ3n) is 9.53. The van der Waals surface area contributed by atoms with Crippen LogP contribution in [0.5, 0.6) is 0 Å². The molecule has 4 unspecified atom stereocenters. The number of ether oxygens (including phenoxy) is 2. The van der Waals surface area contributed by atoms with E-state index >= 15 is 0 Å². The molecule has 1 N–H and O–H groups in total. The lowest BCUT2D eigenvalue weighted by Crippen LogP contribution is -2.53. The first-order valence-corrected chi connectivity index (χ1v) is 10.9. The first-order chi connectivity index (χ1) is 13.1. The van der Waals surface area contributed by atoms with Gasteiger partial charge in [0.15, 0.2) is 6.29 Å². The van der Waals surface area contributed by atoms with Crippen LogP contribution in [0.2, 0.25) is 0 Å². The Labute approximate surface area is 161 Å². The Bertz CT molecular complexity index is 757. The third-order valence-corrected chi connectivity index (χ3v) is 9.53. The average Bonchev–Trinajstić information content (AvgIpc) is 3.30. The number of hydrogen-bond donors (Lipinski definition) is 1. The Morgan fingerprint density at radius 2 is 2.07 bits per heavy atom. The molecule has 4 fully saturated rings. The van der Waals surface area contributed by atoms with Crippen molar-refractivity contribution in [2.45, 2.75) is 63.8 Å². The van der Waals surface area contributed by atoms with E-state index in [-0.39, 0.29) is 17.3 Å². The van der Waals surface area contributed by atoms with Crippen LogP contribution in [0, 0.1) is 40.9 Å². The first-order valence-electron chi connectivity index (χ1n) is 10.9. The van der Waals surface area contributed by atoms with Crippen molar-refractivity contribution in [3.05, 3.63) is 23.8 Å². The largest absolute Gasteiger partial charge is 0.411 e. The molecule has 146 valence electrons. The standard InChI is InChI=1S/C23H31NO3/c1-22-8-5-15-14-4-3-13(24-25)11-16(14)17-12-18(17)21(15)19(22)6-9-23(22)10-7-20(26-2)27-23/h7,10-11,14-15,17-21,25H,3-6,8-9,12H2,1-2H3/b24-13+/t14-,15?,17-,18-,19?,20?,21?,22+,23-/m1/s1. The minimum atomic E-state index is -0.164. The van der Waals surface area contributed by atoms with Gasteiger partial charge in [0.05, 0.1) is 11.3 Å². The van der Waals surface area contributed by atoms with Gasteiger partial charge in [-0.15, -0.1) is 0 Å². The number of hydrogen-bond acceptors (Lipinski definition) is 4. The van der Waals surface area contributed by atoms with Crippen molar-refractivity contribution in [1.29, 1.82) is 0 Å². The molecule has 4 heteroatoms. The molecule has 0 aromatic rings. The van der Waals surface area contributed by atoms with Gasteiger partial charge in [0.1, 0.15) is 0 Å². The Kier molecular flexibility index (Phi) is 3.41. The van der Waals surface area contributed by atoms with E-state index < -0.39 is 0 Å². The van der Waals surface area contributed by atoms with E-state index in [1.807, 2.05) is 0 Å². The van der Waals surface area contributed by atoms with E-state index in [2.05, 4.69) is 30.3 Å². The zero-order valence-electron chi connectivity index (χ0n) is 16.4. The normalized spacial score (nSPS) is 56.4.